The van der Waals surface area contributed by atoms with Crippen molar-refractivity contribution in [3.8, 4) is 0 Å². The molecule has 1 amide bonds. The van der Waals surface area contributed by atoms with Crippen LogP contribution in [-0.4, -0.2) is 57.3 Å². The number of allylic oxidation sites excluding steroid dienone is 4. The van der Waals surface area contributed by atoms with E-state index in [0.29, 0.717) is 12.8 Å². The van der Waals surface area contributed by atoms with E-state index in [0.717, 1.165) is 44.9 Å². The lowest BCUT2D eigenvalue weighted by atomic mass is 10.00. The summed E-state index contributed by atoms with van der Waals surface area (Å²) >= 11 is 0. The number of hydrogen-bond donors (Lipinski definition) is 5. The van der Waals surface area contributed by atoms with Crippen molar-refractivity contribution in [1.29, 1.82) is 0 Å². The van der Waals surface area contributed by atoms with E-state index < -0.39 is 36.9 Å². The van der Waals surface area contributed by atoms with Gasteiger partial charge in [0.25, 0.3) is 0 Å². The molecule has 0 aliphatic carbocycles. The molecule has 6 nitrogen and oxygen atoms in total. The first-order valence-electron chi connectivity index (χ1n) is 27.2. The molecule has 0 heterocycles. The van der Waals surface area contributed by atoms with Crippen molar-refractivity contribution in [1.82, 2.24) is 5.32 Å². The van der Waals surface area contributed by atoms with Gasteiger partial charge in [-0.2, -0.15) is 0 Å². The Balaban J connectivity index is 3.66. The Morgan fingerprint density at radius 2 is 0.672 bits per heavy atom. The predicted molar refractivity (Wildman–Crippen MR) is 265 cm³/mol. The molecule has 0 saturated heterocycles. The summed E-state index contributed by atoms with van der Waals surface area (Å²) in [5.41, 5.74) is 0. The van der Waals surface area contributed by atoms with E-state index in [-0.39, 0.29) is 0 Å². The Bertz CT molecular complexity index is 924. The summed E-state index contributed by atoms with van der Waals surface area (Å²) in [6, 6.07) is -1.00. The lowest BCUT2D eigenvalue weighted by molar-refractivity contribution is -0.132. The fourth-order valence-corrected chi connectivity index (χ4v) is 8.58. The van der Waals surface area contributed by atoms with Gasteiger partial charge in [0.2, 0.25) is 5.91 Å². The number of carbonyl (C=O) groups is 1. The van der Waals surface area contributed by atoms with Crippen molar-refractivity contribution in [3.63, 3.8) is 0 Å². The molecule has 0 fully saturated rings. The summed E-state index contributed by atoms with van der Waals surface area (Å²) in [7, 11) is 0. The molecule has 0 aromatic heterocycles. The second-order valence-corrected chi connectivity index (χ2v) is 18.9. The molecule has 0 aliphatic heterocycles. The Hall–Kier alpha value is -1.21. The highest BCUT2D eigenvalue weighted by Crippen LogP contribution is 2.17. The molecule has 4 unspecified atom stereocenters. The first-order valence-corrected chi connectivity index (χ1v) is 27.2. The molecule has 0 saturated carbocycles. The molecule has 61 heavy (non-hydrogen) atoms. The monoisotopic (exact) mass is 862 g/mol. The van der Waals surface area contributed by atoms with E-state index in [4.69, 9.17) is 0 Å². The maximum absolute atomic E-state index is 12.6. The molecule has 0 aromatic rings. The zero-order chi connectivity index (χ0) is 44.5. The van der Waals surface area contributed by atoms with Crippen LogP contribution in [0, 0.1) is 0 Å². The van der Waals surface area contributed by atoms with Gasteiger partial charge in [-0.3, -0.25) is 4.79 Å². The third-order valence-corrected chi connectivity index (χ3v) is 12.9. The Morgan fingerprint density at radius 1 is 0.393 bits per heavy atom. The van der Waals surface area contributed by atoms with Crippen LogP contribution in [0.3, 0.4) is 0 Å². The van der Waals surface area contributed by atoms with Crippen molar-refractivity contribution in [2.75, 3.05) is 6.61 Å². The van der Waals surface area contributed by atoms with E-state index in [1.807, 2.05) is 0 Å². The Morgan fingerprint density at radius 3 is 0.984 bits per heavy atom. The smallest absolute Gasteiger partial charge is 0.249 e. The number of hydrogen-bond acceptors (Lipinski definition) is 5. The van der Waals surface area contributed by atoms with Crippen LogP contribution in [0.4, 0.5) is 0 Å². The fourth-order valence-electron chi connectivity index (χ4n) is 8.58. The molecule has 0 radical (unpaired) electrons. The zero-order valence-corrected chi connectivity index (χ0v) is 40.9. The van der Waals surface area contributed by atoms with Gasteiger partial charge in [-0.05, 0) is 64.2 Å². The normalized spacial score (nSPS) is 14.0. The summed E-state index contributed by atoms with van der Waals surface area (Å²) in [6.45, 7) is 4.07. The highest BCUT2D eigenvalue weighted by molar-refractivity contribution is 5.80. The standard InChI is InChI=1S/C55H107NO5/c1-3-5-7-9-11-13-15-17-19-21-23-24-25-26-27-28-29-30-31-33-34-36-38-40-42-44-46-48-52(58)54(60)51(50-57)56-55(61)53(59)49-47-45-43-41-39-37-35-32-22-20-18-16-14-12-10-8-6-4-2/h22,32,40,42,51-54,57-60H,3-21,23-31,33-39,41,43-50H2,1-2H3,(H,56,61)/b32-22-,42-40+. The molecule has 4 atom stereocenters. The van der Waals surface area contributed by atoms with Crippen molar-refractivity contribution >= 4 is 5.91 Å². The van der Waals surface area contributed by atoms with Crippen molar-refractivity contribution < 1.29 is 25.2 Å². The van der Waals surface area contributed by atoms with E-state index in [1.54, 1.807) is 0 Å². The van der Waals surface area contributed by atoms with Crippen LogP contribution in [0.25, 0.3) is 0 Å². The van der Waals surface area contributed by atoms with Gasteiger partial charge in [0, 0.05) is 0 Å². The largest absolute Gasteiger partial charge is 0.394 e. The molecule has 5 N–H and O–H groups in total. The predicted octanol–water partition coefficient (Wildman–Crippen LogP) is 15.5. The minimum absolute atomic E-state index is 0.357. The number of nitrogens with one attached hydrogen (secondary N) is 1. The lowest BCUT2D eigenvalue weighted by Crippen LogP contribution is -2.53. The summed E-state index contributed by atoms with van der Waals surface area (Å²) < 4.78 is 0. The summed E-state index contributed by atoms with van der Waals surface area (Å²) in [4.78, 5) is 12.6. The number of unbranched alkanes of at least 4 members (excludes halogenated alkanes) is 37. The maximum Gasteiger partial charge on any atom is 0.249 e. The molecular weight excluding hydrogens is 755 g/mol. The van der Waals surface area contributed by atoms with Crippen LogP contribution >= 0.6 is 0 Å². The maximum atomic E-state index is 12.6. The fraction of sp³-hybridized carbons (Fsp3) is 0.909. The minimum atomic E-state index is -1.28. The van der Waals surface area contributed by atoms with Crippen molar-refractivity contribution in [2.24, 2.45) is 0 Å². The molecule has 0 rings (SSSR count). The van der Waals surface area contributed by atoms with E-state index in [9.17, 15) is 25.2 Å². The summed E-state index contributed by atoms with van der Waals surface area (Å²) in [5.74, 6) is -0.595. The van der Waals surface area contributed by atoms with Crippen LogP contribution < -0.4 is 5.32 Å². The topological polar surface area (TPSA) is 110 Å². The van der Waals surface area contributed by atoms with Gasteiger partial charge in [0.1, 0.15) is 12.2 Å². The average Bonchev–Trinajstić information content (AvgIpc) is 3.26. The third-order valence-electron chi connectivity index (χ3n) is 12.9. The molecule has 0 bridgehead atoms. The van der Waals surface area contributed by atoms with Gasteiger partial charge < -0.3 is 25.7 Å². The zero-order valence-electron chi connectivity index (χ0n) is 40.9. The number of aliphatic hydroxyl groups excluding tert-OH is 4. The van der Waals surface area contributed by atoms with E-state index >= 15 is 0 Å². The molecular formula is C55H107NO5. The highest BCUT2D eigenvalue weighted by atomic mass is 16.3. The van der Waals surface area contributed by atoms with Gasteiger partial charge in [0.05, 0.1) is 18.8 Å². The summed E-state index contributed by atoms with van der Waals surface area (Å²) in [5, 5.41) is 43.9. The van der Waals surface area contributed by atoms with E-state index in [2.05, 4.69) is 43.5 Å². The van der Waals surface area contributed by atoms with Gasteiger partial charge in [0.15, 0.2) is 0 Å². The number of carbonyl (C=O) groups excluding carboxylic acids is 1. The first kappa shape index (κ1) is 59.8. The SMILES string of the molecule is CCCCCCCCCC/C=C\CCCCCCCCC(O)C(=O)NC(CO)C(O)C(O)CCC/C=C/CCCCCCCCCCCCCCCCCCCCCCCC. The van der Waals surface area contributed by atoms with E-state index in [1.165, 1.54) is 218 Å². The molecule has 0 aromatic carbocycles. The van der Waals surface area contributed by atoms with Gasteiger partial charge in [-0.25, -0.2) is 0 Å². The molecule has 0 aliphatic rings. The highest BCUT2D eigenvalue weighted by Gasteiger charge is 2.28. The van der Waals surface area contributed by atoms with Crippen LogP contribution in [0.1, 0.15) is 290 Å². The van der Waals surface area contributed by atoms with Crippen LogP contribution in [0.15, 0.2) is 24.3 Å². The molecule has 362 valence electrons. The number of aliphatic hydroxyl groups is 4. The van der Waals surface area contributed by atoms with Crippen molar-refractivity contribution in [3.05, 3.63) is 24.3 Å². The molecule has 0 spiro atoms. The average molecular weight is 862 g/mol. The second kappa shape index (κ2) is 49.8. The lowest BCUT2D eigenvalue weighted by Gasteiger charge is -2.27. The van der Waals surface area contributed by atoms with Crippen molar-refractivity contribution in [2.45, 2.75) is 314 Å². The first-order chi connectivity index (χ1) is 30.0. The van der Waals surface area contributed by atoms with Gasteiger partial charge >= 0.3 is 0 Å². The summed E-state index contributed by atoms with van der Waals surface area (Å²) in [6.07, 6.45) is 59.6. The quantitative estimate of drug-likeness (QED) is 0.0309. The van der Waals surface area contributed by atoms with Gasteiger partial charge in [-0.15, -0.1) is 0 Å². The van der Waals surface area contributed by atoms with Crippen LogP contribution in [-0.2, 0) is 4.79 Å². The van der Waals surface area contributed by atoms with Crippen LogP contribution in [0.2, 0.25) is 0 Å². The Labute approximate surface area is 380 Å². The Kier molecular flexibility index (Phi) is 48.8. The minimum Gasteiger partial charge on any atom is -0.394 e. The second-order valence-electron chi connectivity index (χ2n) is 18.9. The van der Waals surface area contributed by atoms with Gasteiger partial charge in [-0.1, -0.05) is 250 Å². The van der Waals surface area contributed by atoms with Crippen LogP contribution in [0.5, 0.6) is 0 Å². The third kappa shape index (κ3) is 43.8. The number of rotatable bonds is 50. The molecule has 6 heteroatoms. The number of amides is 1.